The summed E-state index contributed by atoms with van der Waals surface area (Å²) in [6, 6.07) is 4.27. The summed E-state index contributed by atoms with van der Waals surface area (Å²) < 4.78 is 16.7. The van der Waals surface area contributed by atoms with Gasteiger partial charge in [0, 0.05) is 46.0 Å². The van der Waals surface area contributed by atoms with Crippen molar-refractivity contribution < 1.29 is 23.8 Å². The number of nitrogens with zero attached hydrogens (tertiary/aromatic N) is 2. The second kappa shape index (κ2) is 13.6. The van der Waals surface area contributed by atoms with Crippen molar-refractivity contribution in [3.05, 3.63) is 23.3 Å². The first kappa shape index (κ1) is 30.4. The molecule has 2 heterocycles. The first-order valence-electron chi connectivity index (χ1n) is 12.9. The summed E-state index contributed by atoms with van der Waals surface area (Å²) in [6.07, 6.45) is 4.06. The van der Waals surface area contributed by atoms with Gasteiger partial charge in [-0.2, -0.15) is 0 Å². The first-order valence-corrected chi connectivity index (χ1v) is 12.9. The molecule has 0 spiro atoms. The second-order valence-electron chi connectivity index (χ2n) is 10.2. The largest absolute Gasteiger partial charge is 0.473 e. The molecule has 1 aromatic rings. The third-order valence-corrected chi connectivity index (χ3v) is 6.99. The molecule has 1 N–H and O–H groups in total. The smallest absolute Gasteiger partial charge is 0.273 e. The molecule has 1 aromatic carbocycles. The Kier molecular flexibility index (Phi) is 11.5. The lowest BCUT2D eigenvalue weighted by Gasteiger charge is -2.41. The van der Waals surface area contributed by atoms with E-state index in [0.29, 0.717) is 25.3 Å². The Hall–Kier alpha value is -1.87. The molecule has 2 aliphatic heterocycles. The number of ether oxygens (including phenoxy) is 3. The van der Waals surface area contributed by atoms with Gasteiger partial charge in [0.1, 0.15) is 5.75 Å². The molecular weight excluding hydrogens is 482 g/mol. The van der Waals surface area contributed by atoms with Crippen molar-refractivity contribution in [3.8, 4) is 5.75 Å². The van der Waals surface area contributed by atoms with Gasteiger partial charge in [0.2, 0.25) is 11.5 Å². The van der Waals surface area contributed by atoms with Crippen LogP contribution < -0.4 is 15.0 Å². The Morgan fingerprint density at radius 3 is 2.64 bits per heavy atom. The Labute approximate surface area is 222 Å². The number of unbranched alkanes of at least 4 members (excludes halogenated alkanes) is 1. The van der Waals surface area contributed by atoms with Gasteiger partial charge in [-0.1, -0.05) is 0 Å². The topological polar surface area (TPSA) is 80.3 Å². The van der Waals surface area contributed by atoms with Crippen molar-refractivity contribution >= 4 is 29.9 Å². The third-order valence-electron chi connectivity index (χ3n) is 6.99. The minimum absolute atomic E-state index is 0. The quantitative estimate of drug-likeness (QED) is 0.445. The molecule has 2 amide bonds. The number of carbonyl (C=O) groups excluding carboxylic acids is 2. The number of piperidine rings is 1. The van der Waals surface area contributed by atoms with Crippen LogP contribution in [-0.4, -0.2) is 81.5 Å². The molecule has 204 valence electrons. The highest BCUT2D eigenvalue weighted by Gasteiger charge is 2.45. The van der Waals surface area contributed by atoms with Gasteiger partial charge in [-0.15, -0.1) is 12.4 Å². The van der Waals surface area contributed by atoms with Crippen LogP contribution in [0.15, 0.2) is 12.1 Å². The molecule has 3 rings (SSSR count). The minimum atomic E-state index is -1.09. The van der Waals surface area contributed by atoms with Crippen LogP contribution in [0.25, 0.3) is 0 Å². The molecule has 36 heavy (non-hydrogen) atoms. The molecule has 0 radical (unpaired) electrons. The summed E-state index contributed by atoms with van der Waals surface area (Å²) >= 11 is 0. The van der Waals surface area contributed by atoms with Crippen LogP contribution in [0, 0.1) is 6.92 Å². The van der Waals surface area contributed by atoms with E-state index >= 15 is 0 Å². The van der Waals surface area contributed by atoms with Crippen LogP contribution in [0.2, 0.25) is 0 Å². The van der Waals surface area contributed by atoms with Gasteiger partial charge in [0.05, 0.1) is 18.7 Å². The van der Waals surface area contributed by atoms with E-state index in [9.17, 15) is 9.59 Å². The zero-order valence-corrected chi connectivity index (χ0v) is 23.5. The zero-order valence-electron chi connectivity index (χ0n) is 22.7. The molecule has 2 atom stereocenters. The lowest BCUT2D eigenvalue weighted by Crippen LogP contribution is -2.57. The molecule has 0 saturated carbocycles. The van der Waals surface area contributed by atoms with Crippen LogP contribution in [0.5, 0.6) is 5.75 Å². The van der Waals surface area contributed by atoms with Crippen LogP contribution in [0.3, 0.4) is 0 Å². The van der Waals surface area contributed by atoms with Gasteiger partial charge >= 0.3 is 0 Å². The molecule has 0 unspecified atom stereocenters. The average Bonchev–Trinajstić information content (AvgIpc) is 2.81. The number of nitrogens with one attached hydrogen (secondary N) is 1. The Bertz CT molecular complexity index is 890. The maximum absolute atomic E-state index is 13.5. The van der Waals surface area contributed by atoms with Crippen molar-refractivity contribution in [1.29, 1.82) is 0 Å². The SMILES string of the molecule is COCCCCN1C(=O)[C@@](C)(COC)Oc2cc(C)c(CC(=O)N(C(C)C)[C@@H]3CCCNC3)cc21.Cl. The third kappa shape index (κ3) is 6.91. The number of aryl methyl sites for hydroxylation is 1. The van der Waals surface area contributed by atoms with Crippen molar-refractivity contribution in [2.45, 2.75) is 77.5 Å². The maximum atomic E-state index is 13.5. The number of halogens is 1. The average molecular weight is 526 g/mol. The second-order valence-corrected chi connectivity index (χ2v) is 10.2. The van der Waals surface area contributed by atoms with E-state index in [1.165, 1.54) is 0 Å². The van der Waals surface area contributed by atoms with Crippen LogP contribution in [-0.2, 0) is 25.5 Å². The highest BCUT2D eigenvalue weighted by Crippen LogP contribution is 2.40. The number of fused-ring (bicyclic) bond motifs is 1. The zero-order chi connectivity index (χ0) is 25.6. The van der Waals surface area contributed by atoms with Crippen molar-refractivity contribution in [2.24, 2.45) is 0 Å². The molecule has 0 bridgehead atoms. The number of rotatable bonds is 11. The summed E-state index contributed by atoms with van der Waals surface area (Å²) in [4.78, 5) is 30.8. The normalized spacial score (nSPS) is 21.6. The molecule has 2 aliphatic rings. The van der Waals surface area contributed by atoms with Gasteiger partial charge in [-0.3, -0.25) is 9.59 Å². The number of methoxy groups -OCH3 is 2. The van der Waals surface area contributed by atoms with E-state index in [4.69, 9.17) is 14.2 Å². The molecule has 8 nitrogen and oxygen atoms in total. The van der Waals surface area contributed by atoms with E-state index < -0.39 is 5.60 Å². The van der Waals surface area contributed by atoms with E-state index in [2.05, 4.69) is 19.2 Å². The summed E-state index contributed by atoms with van der Waals surface area (Å²) in [5.74, 6) is 0.653. The van der Waals surface area contributed by atoms with E-state index in [1.807, 2.05) is 24.0 Å². The predicted octanol–water partition coefficient (Wildman–Crippen LogP) is 3.51. The predicted molar refractivity (Wildman–Crippen MR) is 144 cm³/mol. The molecule has 1 fully saturated rings. The Balaban J connectivity index is 0.00000456. The molecule has 0 aliphatic carbocycles. The Morgan fingerprint density at radius 2 is 2.03 bits per heavy atom. The fraction of sp³-hybridized carbons (Fsp3) is 0.704. The highest BCUT2D eigenvalue weighted by molar-refractivity contribution is 6.03. The monoisotopic (exact) mass is 525 g/mol. The van der Waals surface area contributed by atoms with Crippen molar-refractivity contribution in [3.63, 3.8) is 0 Å². The summed E-state index contributed by atoms with van der Waals surface area (Å²) in [6.45, 7) is 11.2. The summed E-state index contributed by atoms with van der Waals surface area (Å²) in [5.41, 5.74) is 1.55. The van der Waals surface area contributed by atoms with E-state index in [0.717, 1.165) is 55.6 Å². The van der Waals surface area contributed by atoms with Crippen LogP contribution >= 0.6 is 12.4 Å². The van der Waals surface area contributed by atoms with Gasteiger partial charge in [0.15, 0.2) is 0 Å². The van der Waals surface area contributed by atoms with Crippen molar-refractivity contribution in [2.75, 3.05) is 52.0 Å². The number of carbonyl (C=O) groups is 2. The first-order chi connectivity index (χ1) is 16.7. The summed E-state index contributed by atoms with van der Waals surface area (Å²) in [7, 11) is 3.25. The molecular formula is C27H44ClN3O5. The fourth-order valence-corrected chi connectivity index (χ4v) is 5.22. The molecule has 0 aromatic heterocycles. The number of hydrogen-bond donors (Lipinski definition) is 1. The van der Waals surface area contributed by atoms with Crippen LogP contribution in [0.4, 0.5) is 5.69 Å². The highest BCUT2D eigenvalue weighted by atomic mass is 35.5. The number of benzene rings is 1. The number of amides is 2. The fourth-order valence-electron chi connectivity index (χ4n) is 5.22. The maximum Gasteiger partial charge on any atom is 0.273 e. The van der Waals surface area contributed by atoms with E-state index in [-0.39, 0.29) is 42.9 Å². The standard InChI is InChI=1S/C27H43N3O5.ClH/c1-19(2)30(22-10-9-11-28-17-22)25(31)16-21-15-23-24(14-20(21)3)35-27(4,18-34-6)26(32)29(23)12-7-8-13-33-5;/h14-15,19,22,28H,7-13,16-18H2,1-6H3;1H/t22-,27-;/m1./s1. The molecule has 1 saturated heterocycles. The van der Waals surface area contributed by atoms with Gasteiger partial charge in [-0.05, 0) is 83.2 Å². The summed E-state index contributed by atoms with van der Waals surface area (Å²) in [5, 5.41) is 3.42. The van der Waals surface area contributed by atoms with Gasteiger partial charge in [0.25, 0.3) is 5.91 Å². The van der Waals surface area contributed by atoms with Crippen molar-refractivity contribution in [1.82, 2.24) is 10.2 Å². The van der Waals surface area contributed by atoms with Gasteiger partial charge < -0.3 is 29.3 Å². The number of hydrogen-bond acceptors (Lipinski definition) is 6. The van der Waals surface area contributed by atoms with Crippen LogP contribution in [0.1, 0.15) is 57.6 Å². The minimum Gasteiger partial charge on any atom is -0.473 e. The van der Waals surface area contributed by atoms with Gasteiger partial charge in [-0.25, -0.2) is 0 Å². The molecule has 9 heteroatoms. The number of anilines is 1. The lowest BCUT2D eigenvalue weighted by atomic mass is 9.96. The van der Waals surface area contributed by atoms with E-state index in [1.54, 1.807) is 26.0 Å². The Morgan fingerprint density at radius 1 is 1.28 bits per heavy atom. The lowest BCUT2D eigenvalue weighted by molar-refractivity contribution is -0.138.